The van der Waals surface area contributed by atoms with Crippen LogP contribution in [0.5, 0.6) is 5.75 Å². The molecule has 0 saturated heterocycles. The number of carbonyl (C=O) groups is 1. The molecule has 1 atom stereocenters. The topological polar surface area (TPSA) is 49.3 Å². The van der Waals surface area contributed by atoms with E-state index in [1.165, 1.54) is 25.7 Å². The highest BCUT2D eigenvalue weighted by atomic mass is 16.3. The zero-order valence-corrected chi connectivity index (χ0v) is 13.3. The van der Waals surface area contributed by atoms with Crippen LogP contribution in [-0.2, 0) is 6.42 Å². The largest absolute Gasteiger partial charge is 0.508 e. The smallest absolute Gasteiger partial charge is 0.166 e. The maximum absolute atomic E-state index is 12.5. The van der Waals surface area contributed by atoms with Crippen molar-refractivity contribution in [2.24, 2.45) is 11.8 Å². The van der Waals surface area contributed by atoms with Gasteiger partial charge in [0.2, 0.25) is 0 Å². The molecule has 0 amide bonds. The summed E-state index contributed by atoms with van der Waals surface area (Å²) in [6.45, 7) is 5.93. The van der Waals surface area contributed by atoms with E-state index < -0.39 is 0 Å². The van der Waals surface area contributed by atoms with Gasteiger partial charge in [-0.3, -0.25) is 4.79 Å². The summed E-state index contributed by atoms with van der Waals surface area (Å²) in [7, 11) is 0. The van der Waals surface area contributed by atoms with Crippen LogP contribution in [0.15, 0.2) is 30.5 Å². The van der Waals surface area contributed by atoms with E-state index in [4.69, 9.17) is 0 Å². The molecule has 0 aliphatic heterocycles. The summed E-state index contributed by atoms with van der Waals surface area (Å²) in [6, 6.07) is 5.77. The Kier molecular flexibility index (Phi) is 4.23. The maximum Gasteiger partial charge on any atom is 0.166 e. The summed E-state index contributed by atoms with van der Waals surface area (Å²) < 4.78 is 0. The summed E-state index contributed by atoms with van der Waals surface area (Å²) in [4.78, 5) is 12.5. The van der Waals surface area contributed by atoms with Gasteiger partial charge in [0.25, 0.3) is 0 Å². The molecule has 3 nitrogen and oxygen atoms in total. The molecule has 118 valence electrons. The first-order chi connectivity index (χ1) is 10.5. The minimum Gasteiger partial charge on any atom is -0.508 e. The summed E-state index contributed by atoms with van der Waals surface area (Å²) in [5.74, 6) is 1.19. The van der Waals surface area contributed by atoms with E-state index in [0.29, 0.717) is 12.0 Å². The highest BCUT2D eigenvalue weighted by Crippen LogP contribution is 2.37. The molecule has 1 unspecified atom stereocenters. The van der Waals surface area contributed by atoms with Crippen molar-refractivity contribution < 1.29 is 9.90 Å². The molecule has 0 aromatic heterocycles. The molecule has 0 heterocycles. The van der Waals surface area contributed by atoms with E-state index in [1.807, 2.05) is 13.0 Å². The van der Waals surface area contributed by atoms with Gasteiger partial charge < -0.3 is 10.4 Å². The van der Waals surface area contributed by atoms with Gasteiger partial charge in [0.05, 0.1) is 0 Å². The van der Waals surface area contributed by atoms with Crippen LogP contribution in [-0.4, -0.2) is 16.9 Å². The van der Waals surface area contributed by atoms with Crippen LogP contribution in [0.2, 0.25) is 0 Å². The quantitative estimate of drug-likeness (QED) is 0.888. The first kappa shape index (κ1) is 15.1. The van der Waals surface area contributed by atoms with Crippen molar-refractivity contribution in [2.75, 3.05) is 0 Å². The zero-order chi connectivity index (χ0) is 15.7. The highest BCUT2D eigenvalue weighted by molar-refractivity contribution is 6.02. The van der Waals surface area contributed by atoms with Crippen molar-refractivity contribution in [1.82, 2.24) is 5.32 Å². The van der Waals surface area contributed by atoms with E-state index in [0.717, 1.165) is 29.7 Å². The van der Waals surface area contributed by atoms with Crippen molar-refractivity contribution in [3.8, 4) is 5.75 Å². The second-order valence-electron chi connectivity index (χ2n) is 6.98. The SMILES string of the molecule is C=C(C)NC1CCC(CC2Cc3ccc(O)cc3C2=O)CC1. The van der Waals surface area contributed by atoms with Crippen LogP contribution in [0.1, 0.15) is 54.9 Å². The lowest BCUT2D eigenvalue weighted by atomic mass is 9.80. The Morgan fingerprint density at radius 1 is 1.32 bits per heavy atom. The number of fused-ring (bicyclic) bond motifs is 1. The molecular weight excluding hydrogens is 274 g/mol. The molecule has 1 saturated carbocycles. The predicted octanol–water partition coefficient (Wildman–Crippen LogP) is 3.82. The molecule has 0 spiro atoms. The number of hydrogen-bond donors (Lipinski definition) is 2. The van der Waals surface area contributed by atoms with E-state index in [2.05, 4.69) is 11.9 Å². The third kappa shape index (κ3) is 3.18. The fraction of sp³-hybridized carbons (Fsp3) is 0.526. The van der Waals surface area contributed by atoms with Crippen molar-refractivity contribution in [3.05, 3.63) is 41.6 Å². The van der Waals surface area contributed by atoms with Crippen molar-refractivity contribution >= 4 is 5.78 Å². The minimum absolute atomic E-state index is 0.118. The number of hydrogen-bond acceptors (Lipinski definition) is 3. The van der Waals surface area contributed by atoms with Crippen molar-refractivity contribution in [2.45, 2.75) is 51.5 Å². The summed E-state index contributed by atoms with van der Waals surface area (Å²) in [5, 5.41) is 13.0. The third-order valence-corrected chi connectivity index (χ3v) is 5.11. The number of ketones is 1. The fourth-order valence-electron chi connectivity index (χ4n) is 4.03. The molecule has 2 aliphatic rings. The Hall–Kier alpha value is -1.77. The minimum atomic E-state index is 0.118. The maximum atomic E-state index is 12.5. The molecule has 2 N–H and O–H groups in total. The average molecular weight is 299 g/mol. The number of benzene rings is 1. The van der Waals surface area contributed by atoms with Gasteiger partial charge >= 0.3 is 0 Å². The fourth-order valence-corrected chi connectivity index (χ4v) is 4.03. The van der Waals surface area contributed by atoms with Gasteiger partial charge in [-0.05, 0) is 69.1 Å². The van der Waals surface area contributed by atoms with Gasteiger partial charge in [-0.15, -0.1) is 0 Å². The van der Waals surface area contributed by atoms with Crippen LogP contribution in [0, 0.1) is 11.8 Å². The molecular formula is C19H25NO2. The molecule has 0 bridgehead atoms. The van der Waals surface area contributed by atoms with E-state index in [1.54, 1.807) is 12.1 Å². The second kappa shape index (κ2) is 6.15. The van der Waals surface area contributed by atoms with Crippen LogP contribution >= 0.6 is 0 Å². The molecule has 3 heteroatoms. The molecule has 0 radical (unpaired) electrons. The van der Waals surface area contributed by atoms with Crippen LogP contribution in [0.3, 0.4) is 0 Å². The average Bonchev–Trinajstić information content (AvgIpc) is 2.77. The van der Waals surface area contributed by atoms with Gasteiger partial charge in [-0.1, -0.05) is 12.6 Å². The van der Waals surface area contributed by atoms with E-state index in [-0.39, 0.29) is 17.5 Å². The number of rotatable bonds is 4. The molecule has 1 fully saturated rings. The Morgan fingerprint density at radius 2 is 2.05 bits per heavy atom. The van der Waals surface area contributed by atoms with Crippen molar-refractivity contribution in [1.29, 1.82) is 0 Å². The lowest BCUT2D eigenvalue weighted by Crippen LogP contribution is -2.32. The Balaban J connectivity index is 1.55. The third-order valence-electron chi connectivity index (χ3n) is 5.11. The van der Waals surface area contributed by atoms with Crippen LogP contribution in [0.4, 0.5) is 0 Å². The lowest BCUT2D eigenvalue weighted by Gasteiger charge is -2.30. The van der Waals surface area contributed by atoms with Gasteiger partial charge in [0.15, 0.2) is 5.78 Å². The number of nitrogens with one attached hydrogen (secondary N) is 1. The van der Waals surface area contributed by atoms with Crippen LogP contribution in [0.25, 0.3) is 0 Å². The van der Waals surface area contributed by atoms with Crippen molar-refractivity contribution in [3.63, 3.8) is 0 Å². The number of carbonyl (C=O) groups excluding carboxylic acids is 1. The monoisotopic (exact) mass is 299 g/mol. The second-order valence-corrected chi connectivity index (χ2v) is 6.98. The number of phenolic OH excluding ortho intramolecular Hbond substituents is 1. The molecule has 2 aliphatic carbocycles. The zero-order valence-electron chi connectivity index (χ0n) is 13.3. The first-order valence-electron chi connectivity index (χ1n) is 8.31. The van der Waals surface area contributed by atoms with Gasteiger partial charge in [0, 0.05) is 23.2 Å². The number of phenols is 1. The predicted molar refractivity (Wildman–Crippen MR) is 87.9 cm³/mol. The van der Waals surface area contributed by atoms with Gasteiger partial charge in [0.1, 0.15) is 5.75 Å². The number of Topliss-reactive ketones (excluding diaryl/α,β-unsaturated/α-hetero) is 1. The molecule has 3 rings (SSSR count). The Labute approximate surface area is 132 Å². The molecule has 1 aromatic carbocycles. The molecule has 1 aromatic rings. The first-order valence-corrected chi connectivity index (χ1v) is 8.31. The summed E-state index contributed by atoms with van der Waals surface area (Å²) in [6.07, 6.45) is 6.57. The molecule has 22 heavy (non-hydrogen) atoms. The summed E-state index contributed by atoms with van der Waals surface area (Å²) >= 11 is 0. The summed E-state index contributed by atoms with van der Waals surface area (Å²) in [5.41, 5.74) is 2.89. The van der Waals surface area contributed by atoms with Crippen LogP contribution < -0.4 is 5.32 Å². The lowest BCUT2D eigenvalue weighted by molar-refractivity contribution is 0.0909. The van der Waals surface area contributed by atoms with E-state index in [9.17, 15) is 9.90 Å². The normalized spacial score (nSPS) is 27.5. The van der Waals surface area contributed by atoms with Gasteiger partial charge in [-0.25, -0.2) is 0 Å². The standard InChI is InChI=1S/C19H25NO2/c1-12(2)20-16-6-3-13(4-7-16)9-15-10-14-5-8-17(21)11-18(14)19(15)22/h5,8,11,13,15-16,20-21H,1,3-4,6-7,9-10H2,2H3. The number of aromatic hydroxyl groups is 1. The van der Waals surface area contributed by atoms with E-state index >= 15 is 0 Å². The Bertz CT molecular complexity index is 585. The number of allylic oxidation sites excluding steroid dienone is 1. The highest BCUT2D eigenvalue weighted by Gasteiger charge is 2.33. The Morgan fingerprint density at radius 3 is 2.73 bits per heavy atom. The van der Waals surface area contributed by atoms with Gasteiger partial charge in [-0.2, -0.15) is 0 Å².